The van der Waals surface area contributed by atoms with Crippen molar-refractivity contribution in [2.45, 2.75) is 38.0 Å². The maximum Gasteiger partial charge on any atom is 0.222 e. The van der Waals surface area contributed by atoms with Gasteiger partial charge in [0.25, 0.3) is 0 Å². The third-order valence-electron chi connectivity index (χ3n) is 2.69. The first-order valence-corrected chi connectivity index (χ1v) is 6.16. The lowest BCUT2D eigenvalue weighted by molar-refractivity contribution is 0.670. The van der Waals surface area contributed by atoms with Crippen LogP contribution in [0.4, 0.5) is 11.8 Å². The molecule has 1 saturated carbocycles. The van der Waals surface area contributed by atoms with Crippen molar-refractivity contribution in [3.05, 3.63) is 11.8 Å². The molecule has 1 unspecified atom stereocenters. The van der Waals surface area contributed by atoms with Gasteiger partial charge in [-0.3, -0.25) is 5.43 Å². The van der Waals surface area contributed by atoms with Crippen molar-refractivity contribution in [3.63, 3.8) is 0 Å². The highest BCUT2D eigenvalue weighted by molar-refractivity contribution is 6.32. The maximum atomic E-state index is 6.18. The number of anilines is 2. The second-order valence-corrected chi connectivity index (χ2v) is 4.71. The summed E-state index contributed by atoms with van der Waals surface area (Å²) in [5, 5.41) is 4.34. The summed E-state index contributed by atoms with van der Waals surface area (Å²) in [6, 6.07) is 1.80. The SMILES string of the molecule is Cc1cc(N/N=C2/CCCCC2Cl)nc(N)n1. The number of nitrogens with one attached hydrogen (secondary N) is 1. The molecule has 0 amide bonds. The van der Waals surface area contributed by atoms with E-state index in [2.05, 4.69) is 20.5 Å². The zero-order chi connectivity index (χ0) is 12.3. The lowest BCUT2D eigenvalue weighted by atomic mass is 9.98. The third kappa shape index (κ3) is 3.30. The molecule has 5 nitrogen and oxygen atoms in total. The first kappa shape index (κ1) is 12.1. The van der Waals surface area contributed by atoms with Crippen LogP contribution in [0.2, 0.25) is 0 Å². The van der Waals surface area contributed by atoms with Gasteiger partial charge in [0, 0.05) is 11.8 Å². The summed E-state index contributed by atoms with van der Waals surface area (Å²) in [6.07, 6.45) is 4.26. The van der Waals surface area contributed by atoms with Crippen molar-refractivity contribution in [3.8, 4) is 0 Å². The number of nitrogens with zero attached hydrogens (tertiary/aromatic N) is 3. The summed E-state index contributed by atoms with van der Waals surface area (Å²) < 4.78 is 0. The molecule has 92 valence electrons. The number of nitrogens with two attached hydrogens (primary N) is 1. The Labute approximate surface area is 105 Å². The molecule has 1 aliphatic carbocycles. The fourth-order valence-corrected chi connectivity index (χ4v) is 2.17. The predicted molar refractivity (Wildman–Crippen MR) is 70.3 cm³/mol. The smallest absolute Gasteiger partial charge is 0.222 e. The van der Waals surface area contributed by atoms with Gasteiger partial charge in [-0.05, 0) is 26.2 Å². The van der Waals surface area contributed by atoms with E-state index in [9.17, 15) is 0 Å². The number of hydrazone groups is 1. The van der Waals surface area contributed by atoms with Crippen LogP contribution >= 0.6 is 11.6 Å². The lowest BCUT2D eigenvalue weighted by Gasteiger charge is -2.18. The van der Waals surface area contributed by atoms with E-state index < -0.39 is 0 Å². The summed E-state index contributed by atoms with van der Waals surface area (Å²) in [6.45, 7) is 1.86. The Kier molecular flexibility index (Phi) is 3.78. The topological polar surface area (TPSA) is 76.2 Å². The number of rotatable bonds is 2. The number of hydrogen-bond acceptors (Lipinski definition) is 5. The van der Waals surface area contributed by atoms with Crippen LogP contribution in [-0.4, -0.2) is 21.1 Å². The maximum absolute atomic E-state index is 6.18. The zero-order valence-corrected chi connectivity index (χ0v) is 10.5. The number of nitrogen functional groups attached to an aromatic ring is 1. The molecular weight excluding hydrogens is 238 g/mol. The van der Waals surface area contributed by atoms with Gasteiger partial charge in [0.05, 0.1) is 11.1 Å². The second kappa shape index (κ2) is 5.31. The number of aryl methyl sites for hydroxylation is 1. The van der Waals surface area contributed by atoms with E-state index in [1.165, 1.54) is 6.42 Å². The van der Waals surface area contributed by atoms with Crippen LogP contribution in [0, 0.1) is 6.92 Å². The van der Waals surface area contributed by atoms with Crippen molar-refractivity contribution in [2.24, 2.45) is 5.10 Å². The van der Waals surface area contributed by atoms with Gasteiger partial charge in [-0.25, -0.2) is 4.98 Å². The zero-order valence-electron chi connectivity index (χ0n) is 9.78. The second-order valence-electron chi connectivity index (χ2n) is 4.18. The minimum absolute atomic E-state index is 0.0385. The van der Waals surface area contributed by atoms with Crippen LogP contribution in [-0.2, 0) is 0 Å². The quantitative estimate of drug-likeness (QED) is 0.626. The van der Waals surface area contributed by atoms with E-state index in [1.54, 1.807) is 6.07 Å². The molecule has 2 rings (SSSR count). The molecule has 3 N–H and O–H groups in total. The molecular formula is C11H16ClN5. The molecule has 6 heteroatoms. The van der Waals surface area contributed by atoms with Gasteiger partial charge in [0.1, 0.15) is 0 Å². The van der Waals surface area contributed by atoms with Crippen molar-refractivity contribution in [1.29, 1.82) is 0 Å². The molecule has 1 aromatic rings. The number of hydrogen-bond donors (Lipinski definition) is 2. The summed E-state index contributed by atoms with van der Waals surface area (Å²) >= 11 is 6.18. The van der Waals surface area contributed by atoms with Gasteiger partial charge in [-0.15, -0.1) is 11.6 Å². The van der Waals surface area contributed by atoms with Crippen LogP contribution in [0.15, 0.2) is 11.2 Å². The van der Waals surface area contributed by atoms with Crippen LogP contribution in [0.25, 0.3) is 0 Å². The largest absolute Gasteiger partial charge is 0.368 e. The molecule has 0 aromatic carbocycles. The summed E-state index contributed by atoms with van der Waals surface area (Å²) in [5.74, 6) is 0.857. The summed E-state index contributed by atoms with van der Waals surface area (Å²) in [5.41, 5.74) is 10.3. The molecule has 0 radical (unpaired) electrons. The Bertz CT molecular complexity index is 412. The Morgan fingerprint density at radius 3 is 3.00 bits per heavy atom. The molecule has 17 heavy (non-hydrogen) atoms. The summed E-state index contributed by atoms with van der Waals surface area (Å²) in [7, 11) is 0. The van der Waals surface area contributed by atoms with Crippen molar-refractivity contribution in [1.82, 2.24) is 9.97 Å². The van der Waals surface area contributed by atoms with Crippen LogP contribution < -0.4 is 11.2 Å². The van der Waals surface area contributed by atoms with Gasteiger partial charge in [0.15, 0.2) is 5.82 Å². The van der Waals surface area contributed by atoms with Crippen molar-refractivity contribution >= 4 is 29.1 Å². The normalized spacial score (nSPS) is 22.7. The Morgan fingerprint density at radius 2 is 2.29 bits per heavy atom. The van der Waals surface area contributed by atoms with E-state index in [0.717, 1.165) is 30.7 Å². The minimum atomic E-state index is 0.0385. The van der Waals surface area contributed by atoms with Gasteiger partial charge in [0.2, 0.25) is 5.95 Å². The Balaban J connectivity index is 2.07. The average molecular weight is 254 g/mol. The first-order chi connectivity index (χ1) is 8.15. The number of alkyl halides is 1. The van der Waals surface area contributed by atoms with Gasteiger partial charge in [-0.2, -0.15) is 10.1 Å². The number of aromatic nitrogens is 2. The lowest BCUT2D eigenvalue weighted by Crippen LogP contribution is -2.20. The molecule has 0 saturated heterocycles. The molecule has 1 atom stereocenters. The van der Waals surface area contributed by atoms with Gasteiger partial charge >= 0.3 is 0 Å². The highest BCUT2D eigenvalue weighted by Crippen LogP contribution is 2.20. The Hall–Kier alpha value is -1.36. The van der Waals surface area contributed by atoms with E-state index in [-0.39, 0.29) is 11.3 Å². The van der Waals surface area contributed by atoms with Crippen molar-refractivity contribution in [2.75, 3.05) is 11.2 Å². The molecule has 0 bridgehead atoms. The van der Waals surface area contributed by atoms with E-state index in [4.69, 9.17) is 17.3 Å². The van der Waals surface area contributed by atoms with Gasteiger partial charge in [-0.1, -0.05) is 6.42 Å². The summed E-state index contributed by atoms with van der Waals surface area (Å²) in [4.78, 5) is 8.04. The van der Waals surface area contributed by atoms with Crippen LogP contribution in [0.1, 0.15) is 31.4 Å². The molecule has 0 aliphatic heterocycles. The third-order valence-corrected chi connectivity index (χ3v) is 3.16. The molecule has 0 spiro atoms. The fourth-order valence-electron chi connectivity index (χ4n) is 1.86. The van der Waals surface area contributed by atoms with E-state index in [1.807, 2.05) is 6.92 Å². The van der Waals surface area contributed by atoms with Gasteiger partial charge < -0.3 is 5.73 Å². The van der Waals surface area contributed by atoms with Crippen LogP contribution in [0.5, 0.6) is 0 Å². The highest BCUT2D eigenvalue weighted by atomic mass is 35.5. The molecule has 1 aromatic heterocycles. The fraction of sp³-hybridized carbons (Fsp3) is 0.545. The molecule has 1 fully saturated rings. The number of halogens is 1. The Morgan fingerprint density at radius 1 is 1.47 bits per heavy atom. The molecule has 1 aliphatic rings. The minimum Gasteiger partial charge on any atom is -0.368 e. The van der Waals surface area contributed by atoms with Crippen LogP contribution in [0.3, 0.4) is 0 Å². The standard InChI is InChI=1S/C11H16ClN5/c1-7-6-10(15-11(13)14-7)17-16-9-5-3-2-4-8(9)12/h6,8H,2-5H2,1H3,(H3,13,14,15,17)/b16-9-. The van der Waals surface area contributed by atoms with Crippen molar-refractivity contribution < 1.29 is 0 Å². The molecule has 1 heterocycles. The van der Waals surface area contributed by atoms with E-state index in [0.29, 0.717) is 5.82 Å². The predicted octanol–water partition coefficient (Wildman–Crippen LogP) is 2.32. The highest BCUT2D eigenvalue weighted by Gasteiger charge is 2.17. The average Bonchev–Trinajstić information content (AvgIpc) is 2.27. The monoisotopic (exact) mass is 253 g/mol. The first-order valence-electron chi connectivity index (χ1n) is 5.73. The van der Waals surface area contributed by atoms with E-state index >= 15 is 0 Å².